The highest BCUT2D eigenvalue weighted by atomic mass is 32.1. The topological polar surface area (TPSA) is 24.5 Å². The summed E-state index contributed by atoms with van der Waals surface area (Å²) in [5.41, 5.74) is 1.55. The van der Waals surface area contributed by atoms with Gasteiger partial charge in [0.2, 0.25) is 0 Å². The third-order valence-corrected chi connectivity index (χ3v) is 6.25. The van der Waals surface area contributed by atoms with Gasteiger partial charge in [-0.05, 0) is 56.0 Å². The van der Waals surface area contributed by atoms with Crippen molar-refractivity contribution in [2.75, 3.05) is 19.6 Å². The number of nitrogens with one attached hydrogen (secondary N) is 1. The molecule has 1 saturated carbocycles. The Balaban J connectivity index is 1.28. The minimum Gasteiger partial charge on any atom is -0.372 e. The lowest BCUT2D eigenvalue weighted by Gasteiger charge is -2.35. The highest BCUT2D eigenvalue weighted by Crippen LogP contribution is 2.34. The molecule has 4 heteroatoms. The van der Waals surface area contributed by atoms with Crippen molar-refractivity contribution in [3.8, 4) is 0 Å². The van der Waals surface area contributed by atoms with E-state index in [0.717, 1.165) is 19.1 Å². The second-order valence-corrected chi connectivity index (χ2v) is 7.86. The van der Waals surface area contributed by atoms with Crippen LogP contribution >= 0.6 is 11.3 Å². The van der Waals surface area contributed by atoms with E-state index in [1.165, 1.54) is 38.6 Å². The van der Waals surface area contributed by atoms with E-state index in [2.05, 4.69) is 28.6 Å². The molecule has 0 bridgehead atoms. The van der Waals surface area contributed by atoms with E-state index in [-0.39, 0.29) is 0 Å². The van der Waals surface area contributed by atoms with E-state index in [0.29, 0.717) is 18.2 Å². The average Bonchev–Trinajstić information content (AvgIpc) is 3.00. The van der Waals surface area contributed by atoms with Crippen LogP contribution < -0.4 is 5.32 Å². The van der Waals surface area contributed by atoms with Crippen molar-refractivity contribution >= 4 is 11.3 Å². The predicted molar refractivity (Wildman–Crippen MR) is 86.9 cm³/mol. The molecule has 1 aliphatic carbocycles. The summed E-state index contributed by atoms with van der Waals surface area (Å²) in [6.45, 7) is 5.72. The summed E-state index contributed by atoms with van der Waals surface area (Å²) < 4.78 is 6.26. The van der Waals surface area contributed by atoms with E-state index in [1.54, 1.807) is 10.4 Å². The molecule has 1 aromatic heterocycles. The SMILES string of the molecule is CC1c2ccsc2CCN1CC1CCC(CNC2CC2)O1. The quantitative estimate of drug-likeness (QED) is 0.905. The van der Waals surface area contributed by atoms with Crippen LogP contribution in [0.2, 0.25) is 0 Å². The summed E-state index contributed by atoms with van der Waals surface area (Å²) in [6.07, 6.45) is 7.31. The molecule has 0 aromatic carbocycles. The smallest absolute Gasteiger partial charge is 0.0707 e. The summed E-state index contributed by atoms with van der Waals surface area (Å²) in [6, 6.07) is 3.67. The molecule has 21 heavy (non-hydrogen) atoms. The Labute approximate surface area is 131 Å². The van der Waals surface area contributed by atoms with Gasteiger partial charge in [-0.3, -0.25) is 4.90 Å². The molecule has 1 N–H and O–H groups in total. The van der Waals surface area contributed by atoms with Gasteiger partial charge in [-0.25, -0.2) is 0 Å². The second kappa shape index (κ2) is 5.99. The van der Waals surface area contributed by atoms with E-state index in [4.69, 9.17) is 4.74 Å². The number of hydrogen-bond acceptors (Lipinski definition) is 4. The van der Waals surface area contributed by atoms with Gasteiger partial charge in [-0.1, -0.05) is 0 Å². The van der Waals surface area contributed by atoms with Gasteiger partial charge in [-0.15, -0.1) is 11.3 Å². The molecule has 3 nitrogen and oxygen atoms in total. The van der Waals surface area contributed by atoms with Gasteiger partial charge >= 0.3 is 0 Å². The first-order valence-electron chi connectivity index (χ1n) is 8.49. The fourth-order valence-electron chi connectivity index (χ4n) is 3.72. The Morgan fingerprint density at radius 2 is 2.14 bits per heavy atom. The van der Waals surface area contributed by atoms with E-state index in [1.807, 2.05) is 11.3 Å². The molecule has 2 aliphatic heterocycles. The molecule has 116 valence electrons. The van der Waals surface area contributed by atoms with Crippen molar-refractivity contribution in [2.45, 2.75) is 63.3 Å². The molecule has 0 spiro atoms. The highest BCUT2D eigenvalue weighted by Gasteiger charge is 2.32. The van der Waals surface area contributed by atoms with E-state index in [9.17, 15) is 0 Å². The van der Waals surface area contributed by atoms with Crippen LogP contribution in [0.5, 0.6) is 0 Å². The summed E-state index contributed by atoms with van der Waals surface area (Å²) in [5, 5.41) is 5.85. The van der Waals surface area contributed by atoms with E-state index >= 15 is 0 Å². The fraction of sp³-hybridized carbons (Fsp3) is 0.765. The Bertz CT molecular complexity index is 485. The van der Waals surface area contributed by atoms with Crippen molar-refractivity contribution in [1.82, 2.24) is 10.2 Å². The van der Waals surface area contributed by atoms with Crippen LogP contribution in [0.25, 0.3) is 0 Å². The lowest BCUT2D eigenvalue weighted by Crippen LogP contribution is -2.39. The van der Waals surface area contributed by atoms with Gasteiger partial charge < -0.3 is 10.1 Å². The Morgan fingerprint density at radius 1 is 1.29 bits per heavy atom. The number of ether oxygens (including phenoxy) is 1. The molecule has 3 unspecified atom stereocenters. The zero-order valence-corrected chi connectivity index (χ0v) is 13.7. The van der Waals surface area contributed by atoms with Gasteiger partial charge in [0.25, 0.3) is 0 Å². The van der Waals surface area contributed by atoms with Gasteiger partial charge in [0.1, 0.15) is 0 Å². The first kappa shape index (κ1) is 14.2. The van der Waals surface area contributed by atoms with Crippen LogP contribution in [0.1, 0.15) is 49.1 Å². The molecular weight excluding hydrogens is 280 g/mol. The molecule has 0 amide bonds. The van der Waals surface area contributed by atoms with Gasteiger partial charge in [0.05, 0.1) is 12.2 Å². The van der Waals surface area contributed by atoms with Crippen molar-refractivity contribution in [1.29, 1.82) is 0 Å². The number of nitrogens with zero attached hydrogens (tertiary/aromatic N) is 1. The standard InChI is InChI=1S/C17H26N2OS/c1-12-16-7-9-21-17(16)6-8-19(12)11-15-5-4-14(20-15)10-18-13-2-3-13/h7,9,12-15,18H,2-6,8,10-11H2,1H3. The summed E-state index contributed by atoms with van der Waals surface area (Å²) in [4.78, 5) is 4.22. The van der Waals surface area contributed by atoms with Crippen molar-refractivity contribution < 1.29 is 4.74 Å². The molecule has 0 radical (unpaired) electrons. The molecule has 2 fully saturated rings. The Hall–Kier alpha value is -0.420. The average molecular weight is 306 g/mol. The molecule has 3 atom stereocenters. The van der Waals surface area contributed by atoms with Crippen molar-refractivity contribution in [3.05, 3.63) is 21.9 Å². The largest absolute Gasteiger partial charge is 0.372 e. The summed E-state index contributed by atoms with van der Waals surface area (Å²) in [5.74, 6) is 0. The lowest BCUT2D eigenvalue weighted by atomic mass is 10.0. The summed E-state index contributed by atoms with van der Waals surface area (Å²) >= 11 is 1.92. The van der Waals surface area contributed by atoms with Gasteiger partial charge in [-0.2, -0.15) is 0 Å². The maximum Gasteiger partial charge on any atom is 0.0707 e. The van der Waals surface area contributed by atoms with Crippen LogP contribution in [-0.4, -0.2) is 42.8 Å². The fourth-order valence-corrected chi connectivity index (χ4v) is 4.69. The molecule has 3 heterocycles. The first-order chi connectivity index (χ1) is 10.3. The molecule has 1 saturated heterocycles. The van der Waals surface area contributed by atoms with Gasteiger partial charge in [0.15, 0.2) is 0 Å². The lowest BCUT2D eigenvalue weighted by molar-refractivity contribution is 0.0141. The van der Waals surface area contributed by atoms with Crippen molar-refractivity contribution in [3.63, 3.8) is 0 Å². The normalized spacial score (nSPS) is 33.3. The van der Waals surface area contributed by atoms with Crippen LogP contribution in [0.4, 0.5) is 0 Å². The van der Waals surface area contributed by atoms with Crippen LogP contribution in [0, 0.1) is 0 Å². The highest BCUT2D eigenvalue weighted by molar-refractivity contribution is 7.10. The number of rotatable bonds is 5. The molecule has 1 aromatic rings. The van der Waals surface area contributed by atoms with Crippen molar-refractivity contribution in [2.24, 2.45) is 0 Å². The number of thiophene rings is 1. The van der Waals surface area contributed by atoms with Crippen LogP contribution in [0.3, 0.4) is 0 Å². The number of fused-ring (bicyclic) bond motifs is 1. The molecule has 4 rings (SSSR count). The van der Waals surface area contributed by atoms with Crippen LogP contribution in [0.15, 0.2) is 11.4 Å². The zero-order valence-electron chi connectivity index (χ0n) is 12.9. The van der Waals surface area contributed by atoms with Crippen LogP contribution in [-0.2, 0) is 11.2 Å². The minimum absolute atomic E-state index is 0.443. The zero-order chi connectivity index (χ0) is 14.2. The Morgan fingerprint density at radius 3 is 3.00 bits per heavy atom. The monoisotopic (exact) mass is 306 g/mol. The third kappa shape index (κ3) is 3.19. The molecule has 3 aliphatic rings. The predicted octanol–water partition coefficient (Wildman–Crippen LogP) is 2.97. The minimum atomic E-state index is 0.443. The number of hydrogen-bond donors (Lipinski definition) is 1. The van der Waals surface area contributed by atoms with E-state index < -0.39 is 0 Å². The third-order valence-electron chi connectivity index (χ3n) is 5.25. The second-order valence-electron chi connectivity index (χ2n) is 6.86. The summed E-state index contributed by atoms with van der Waals surface area (Å²) in [7, 11) is 0. The molecular formula is C17H26N2OS. The maximum atomic E-state index is 6.26. The first-order valence-corrected chi connectivity index (χ1v) is 9.36. The van der Waals surface area contributed by atoms with Gasteiger partial charge in [0, 0.05) is 36.6 Å². The Kier molecular flexibility index (Phi) is 4.05. The maximum absolute atomic E-state index is 6.26.